The SMILES string of the molecule is COC(=O)CC(c1ccc(OC2CCCCO2)cc1)c1ncco1. The van der Waals surface area contributed by atoms with Crippen molar-refractivity contribution in [2.75, 3.05) is 13.7 Å². The molecule has 1 aliphatic rings. The molecule has 0 amide bonds. The smallest absolute Gasteiger partial charge is 0.306 e. The number of aromatic nitrogens is 1. The molecule has 1 aromatic carbocycles. The fraction of sp³-hybridized carbons (Fsp3) is 0.444. The molecule has 1 aromatic heterocycles. The lowest BCUT2D eigenvalue weighted by molar-refractivity contribution is -0.141. The van der Waals surface area contributed by atoms with Gasteiger partial charge in [0, 0.05) is 6.42 Å². The van der Waals surface area contributed by atoms with E-state index in [2.05, 4.69) is 4.98 Å². The summed E-state index contributed by atoms with van der Waals surface area (Å²) in [6.07, 6.45) is 6.17. The van der Waals surface area contributed by atoms with Gasteiger partial charge >= 0.3 is 5.97 Å². The first-order valence-corrected chi connectivity index (χ1v) is 8.10. The van der Waals surface area contributed by atoms with Crippen LogP contribution >= 0.6 is 0 Å². The second-order valence-electron chi connectivity index (χ2n) is 5.69. The summed E-state index contributed by atoms with van der Waals surface area (Å²) in [6.45, 7) is 0.744. The topological polar surface area (TPSA) is 70.8 Å². The van der Waals surface area contributed by atoms with Gasteiger partial charge in [-0.2, -0.15) is 0 Å². The molecule has 0 aliphatic carbocycles. The summed E-state index contributed by atoms with van der Waals surface area (Å²) in [5.41, 5.74) is 0.916. The van der Waals surface area contributed by atoms with E-state index in [0.717, 1.165) is 37.2 Å². The highest BCUT2D eigenvalue weighted by atomic mass is 16.7. The van der Waals surface area contributed by atoms with Crippen LogP contribution in [0.4, 0.5) is 0 Å². The van der Waals surface area contributed by atoms with Crippen LogP contribution in [0, 0.1) is 0 Å². The Kier molecular flexibility index (Phi) is 5.48. The fourth-order valence-electron chi connectivity index (χ4n) is 2.74. The lowest BCUT2D eigenvalue weighted by Gasteiger charge is -2.23. The number of benzene rings is 1. The highest BCUT2D eigenvalue weighted by Crippen LogP contribution is 2.29. The van der Waals surface area contributed by atoms with Crippen molar-refractivity contribution < 1.29 is 23.4 Å². The molecule has 6 nitrogen and oxygen atoms in total. The fourth-order valence-corrected chi connectivity index (χ4v) is 2.74. The van der Waals surface area contributed by atoms with Crippen molar-refractivity contribution in [3.63, 3.8) is 0 Å². The monoisotopic (exact) mass is 331 g/mol. The number of rotatable bonds is 6. The van der Waals surface area contributed by atoms with Crippen LogP contribution in [0.15, 0.2) is 41.1 Å². The van der Waals surface area contributed by atoms with Crippen molar-refractivity contribution in [3.05, 3.63) is 48.2 Å². The first-order valence-electron chi connectivity index (χ1n) is 8.10. The zero-order valence-corrected chi connectivity index (χ0v) is 13.6. The summed E-state index contributed by atoms with van der Waals surface area (Å²) in [6, 6.07) is 7.58. The molecular formula is C18H21NO5. The van der Waals surface area contributed by atoms with Crippen LogP contribution in [0.3, 0.4) is 0 Å². The number of methoxy groups -OCH3 is 1. The molecule has 3 rings (SSSR count). The van der Waals surface area contributed by atoms with E-state index in [-0.39, 0.29) is 24.6 Å². The number of hydrogen-bond acceptors (Lipinski definition) is 6. The molecule has 1 fully saturated rings. The van der Waals surface area contributed by atoms with Gasteiger partial charge in [-0.3, -0.25) is 4.79 Å². The van der Waals surface area contributed by atoms with Crippen LogP contribution in [-0.2, 0) is 14.3 Å². The predicted octanol–water partition coefficient (Wildman–Crippen LogP) is 3.28. The van der Waals surface area contributed by atoms with Crippen LogP contribution in [0.25, 0.3) is 0 Å². The van der Waals surface area contributed by atoms with Gasteiger partial charge in [-0.15, -0.1) is 0 Å². The number of hydrogen-bond donors (Lipinski definition) is 0. The first-order chi connectivity index (χ1) is 11.8. The van der Waals surface area contributed by atoms with Crippen molar-refractivity contribution >= 4 is 5.97 Å². The van der Waals surface area contributed by atoms with Crippen molar-refractivity contribution in [2.24, 2.45) is 0 Å². The predicted molar refractivity (Wildman–Crippen MR) is 85.6 cm³/mol. The van der Waals surface area contributed by atoms with Gasteiger partial charge in [-0.25, -0.2) is 4.98 Å². The summed E-state index contributed by atoms with van der Waals surface area (Å²) >= 11 is 0. The molecule has 24 heavy (non-hydrogen) atoms. The number of ether oxygens (including phenoxy) is 3. The molecule has 1 saturated heterocycles. The lowest BCUT2D eigenvalue weighted by atomic mass is 9.95. The second kappa shape index (κ2) is 7.97. The van der Waals surface area contributed by atoms with E-state index in [1.807, 2.05) is 24.3 Å². The van der Waals surface area contributed by atoms with Crippen LogP contribution in [0.1, 0.15) is 43.1 Å². The van der Waals surface area contributed by atoms with Gasteiger partial charge in [0.15, 0.2) is 6.29 Å². The Labute approximate surface area is 140 Å². The number of nitrogens with zero attached hydrogens (tertiary/aromatic N) is 1. The first kappa shape index (κ1) is 16.5. The van der Waals surface area contributed by atoms with Crippen molar-refractivity contribution in [1.29, 1.82) is 0 Å². The molecule has 0 N–H and O–H groups in total. The average Bonchev–Trinajstić information content (AvgIpc) is 3.15. The summed E-state index contributed by atoms with van der Waals surface area (Å²) in [5, 5.41) is 0. The standard InChI is InChI=1S/C18H21NO5/c1-21-16(20)12-15(18-19-9-11-23-18)13-5-7-14(8-6-13)24-17-4-2-3-10-22-17/h5-9,11,15,17H,2-4,10,12H2,1H3. The van der Waals surface area contributed by atoms with E-state index in [9.17, 15) is 4.79 Å². The van der Waals surface area contributed by atoms with Crippen molar-refractivity contribution in [2.45, 2.75) is 37.9 Å². The molecule has 2 heterocycles. The van der Waals surface area contributed by atoms with Crippen molar-refractivity contribution in [3.8, 4) is 5.75 Å². The summed E-state index contributed by atoms with van der Waals surface area (Å²) < 4.78 is 21.6. The summed E-state index contributed by atoms with van der Waals surface area (Å²) in [5.74, 6) is 0.640. The molecule has 2 atom stereocenters. The maximum atomic E-state index is 11.7. The minimum absolute atomic E-state index is 0.170. The maximum Gasteiger partial charge on any atom is 0.306 e. The Morgan fingerprint density at radius 2 is 2.17 bits per heavy atom. The number of esters is 1. The zero-order valence-electron chi connectivity index (χ0n) is 13.6. The quantitative estimate of drug-likeness (QED) is 0.757. The second-order valence-corrected chi connectivity index (χ2v) is 5.69. The number of carbonyl (C=O) groups excluding carboxylic acids is 1. The van der Waals surface area contributed by atoms with E-state index >= 15 is 0 Å². The van der Waals surface area contributed by atoms with E-state index in [4.69, 9.17) is 18.6 Å². The maximum absolute atomic E-state index is 11.7. The van der Waals surface area contributed by atoms with Gasteiger partial charge in [0.1, 0.15) is 12.0 Å². The third-order valence-corrected chi connectivity index (χ3v) is 4.04. The molecule has 6 heteroatoms. The Hall–Kier alpha value is -2.34. The number of carbonyl (C=O) groups is 1. The average molecular weight is 331 g/mol. The van der Waals surface area contributed by atoms with Crippen molar-refractivity contribution in [1.82, 2.24) is 4.98 Å². The largest absolute Gasteiger partial charge is 0.469 e. The molecule has 0 spiro atoms. The third-order valence-electron chi connectivity index (χ3n) is 4.04. The highest BCUT2D eigenvalue weighted by Gasteiger charge is 2.23. The lowest BCUT2D eigenvalue weighted by Crippen LogP contribution is -2.24. The van der Waals surface area contributed by atoms with Gasteiger partial charge in [0.25, 0.3) is 0 Å². The molecular weight excluding hydrogens is 310 g/mol. The normalized spacial score (nSPS) is 18.8. The minimum atomic E-state index is -0.311. The van der Waals surface area contributed by atoms with E-state index < -0.39 is 0 Å². The van der Waals surface area contributed by atoms with Gasteiger partial charge in [-0.1, -0.05) is 12.1 Å². The molecule has 128 valence electrons. The minimum Gasteiger partial charge on any atom is -0.469 e. The van der Waals surface area contributed by atoms with E-state index in [0.29, 0.717) is 5.89 Å². The van der Waals surface area contributed by atoms with Gasteiger partial charge in [0.05, 0.1) is 32.3 Å². The third kappa shape index (κ3) is 4.14. The summed E-state index contributed by atoms with van der Waals surface area (Å²) in [4.78, 5) is 15.9. The molecule has 1 aliphatic heterocycles. The molecule has 2 aromatic rings. The molecule has 0 radical (unpaired) electrons. The van der Waals surface area contributed by atoms with Crippen LogP contribution < -0.4 is 4.74 Å². The van der Waals surface area contributed by atoms with Gasteiger partial charge in [0.2, 0.25) is 5.89 Å². The Morgan fingerprint density at radius 1 is 1.33 bits per heavy atom. The zero-order chi connectivity index (χ0) is 16.8. The van der Waals surface area contributed by atoms with Gasteiger partial charge in [-0.05, 0) is 30.5 Å². The molecule has 2 unspecified atom stereocenters. The van der Waals surface area contributed by atoms with E-state index in [1.54, 1.807) is 6.20 Å². The van der Waals surface area contributed by atoms with Crippen LogP contribution in [0.5, 0.6) is 5.75 Å². The Balaban J connectivity index is 1.72. The number of oxazole rings is 1. The molecule has 0 bridgehead atoms. The molecule has 0 saturated carbocycles. The summed E-state index contributed by atoms with van der Waals surface area (Å²) in [7, 11) is 1.37. The Bertz CT molecular complexity index is 632. The van der Waals surface area contributed by atoms with Crippen LogP contribution in [0.2, 0.25) is 0 Å². The van der Waals surface area contributed by atoms with E-state index in [1.165, 1.54) is 13.4 Å². The van der Waals surface area contributed by atoms with Gasteiger partial charge < -0.3 is 18.6 Å². The van der Waals surface area contributed by atoms with Crippen LogP contribution in [-0.4, -0.2) is 31.0 Å². The highest BCUT2D eigenvalue weighted by molar-refractivity contribution is 5.71. The Morgan fingerprint density at radius 3 is 2.79 bits per heavy atom.